The van der Waals surface area contributed by atoms with E-state index in [0.29, 0.717) is 27.0 Å². The Labute approximate surface area is 148 Å². The average molecular weight is 316 g/mol. The highest BCUT2D eigenvalue weighted by atomic mass is 15.3. The minimum Gasteiger partial charge on any atom is -0.346 e. The van der Waals surface area contributed by atoms with Crippen LogP contribution in [0.1, 0.15) is 51.6 Å². The summed E-state index contributed by atoms with van der Waals surface area (Å²) in [7, 11) is 0. The molecule has 1 aliphatic carbocycles. The summed E-state index contributed by atoms with van der Waals surface area (Å²) in [5.74, 6) is -3.42. The molecule has 0 radical (unpaired) electrons. The lowest BCUT2D eigenvalue weighted by atomic mass is 9.96. The molecule has 116 valence electrons. The lowest BCUT2D eigenvalue weighted by molar-refractivity contribution is 0.315. The Kier molecular flexibility index (Phi) is 1.73. The summed E-state index contributed by atoms with van der Waals surface area (Å²) in [4.78, 5) is 11.2. The van der Waals surface area contributed by atoms with E-state index in [0.717, 1.165) is 0 Å². The third kappa shape index (κ3) is 2.48. The topological polar surface area (TPSA) is 83.2 Å². The molecule has 3 heterocycles. The first-order chi connectivity index (χ1) is 15.1. The van der Waals surface area contributed by atoms with Crippen LogP contribution in [-0.2, 0) is 0 Å². The molecule has 0 aliphatic heterocycles. The van der Waals surface area contributed by atoms with E-state index in [2.05, 4.69) is 20.1 Å². The van der Waals surface area contributed by atoms with Crippen molar-refractivity contribution >= 4 is 11.0 Å². The standard InChI is InChI=1S/C17H18N6/c18-7-5-15(12-3-1-2-4-12)23-10-13(9-22-23)16-14-6-8-19-17(14)21-11-20-16/h6,8-12,15H,1-5H2,(H,19,20,21)/t15-/m0/s1/i1D2,2D2,3D2,4D2,12D,15D. The molecule has 0 spiro atoms. The van der Waals surface area contributed by atoms with Crippen molar-refractivity contribution in [3.05, 3.63) is 31.0 Å². The summed E-state index contributed by atoms with van der Waals surface area (Å²) in [6.07, 6.45) is -9.68. The first kappa shape index (κ1) is 6.83. The van der Waals surface area contributed by atoms with E-state index < -0.39 is 43.8 Å². The van der Waals surface area contributed by atoms with Crippen molar-refractivity contribution in [3.8, 4) is 17.3 Å². The number of aromatic amines is 1. The Morgan fingerprint density at radius 3 is 3.22 bits per heavy atom. The molecule has 1 saturated carbocycles. The van der Waals surface area contributed by atoms with Gasteiger partial charge >= 0.3 is 0 Å². The van der Waals surface area contributed by atoms with Crippen molar-refractivity contribution in [3.63, 3.8) is 0 Å². The van der Waals surface area contributed by atoms with Crippen molar-refractivity contribution in [2.24, 2.45) is 5.89 Å². The van der Waals surface area contributed by atoms with Gasteiger partial charge < -0.3 is 4.98 Å². The van der Waals surface area contributed by atoms with Gasteiger partial charge in [0.15, 0.2) is 0 Å². The van der Waals surface area contributed by atoms with Gasteiger partial charge in [-0.15, -0.1) is 0 Å². The molecular formula is C17H18N6. The van der Waals surface area contributed by atoms with Crippen LogP contribution >= 0.6 is 0 Å². The zero-order chi connectivity index (χ0) is 24.7. The minimum absolute atomic E-state index is 0.297. The minimum atomic E-state index is -3.53. The second-order valence-electron chi connectivity index (χ2n) is 4.79. The molecule has 0 saturated heterocycles. The van der Waals surface area contributed by atoms with Crippen molar-refractivity contribution < 1.29 is 13.7 Å². The van der Waals surface area contributed by atoms with Crippen molar-refractivity contribution in [1.29, 1.82) is 5.26 Å². The highest BCUT2D eigenvalue weighted by molar-refractivity contribution is 5.89. The van der Waals surface area contributed by atoms with Gasteiger partial charge in [0.1, 0.15) is 12.0 Å². The van der Waals surface area contributed by atoms with Crippen LogP contribution in [0.3, 0.4) is 0 Å². The molecule has 0 aromatic carbocycles. The molecule has 1 fully saturated rings. The number of aromatic nitrogens is 5. The molecule has 1 atom stereocenters. The molecule has 0 unspecified atom stereocenters. The zero-order valence-electron chi connectivity index (χ0n) is 21.8. The summed E-state index contributed by atoms with van der Waals surface area (Å²) in [5.41, 5.74) is 1.17. The predicted octanol–water partition coefficient (Wildman–Crippen LogP) is 3.47. The van der Waals surface area contributed by atoms with Crippen LogP contribution in [0.15, 0.2) is 31.0 Å². The van der Waals surface area contributed by atoms with Gasteiger partial charge in [-0.3, -0.25) is 4.68 Å². The average Bonchev–Trinajstić information content (AvgIpc) is 3.42. The molecule has 23 heavy (non-hydrogen) atoms. The number of hydrogen-bond acceptors (Lipinski definition) is 4. The fourth-order valence-electron chi connectivity index (χ4n) is 2.42. The van der Waals surface area contributed by atoms with Crippen LogP contribution in [-0.4, -0.2) is 24.7 Å². The fraction of sp³-hybridized carbons (Fsp3) is 0.412. The SMILES string of the molecule is [2H]C1([2H])C([2H])([2H])C([2H])([2H])C([2H])([C@]([2H])(CC#N)n2cc(-c3ncnc4[nH]ccc34)cn2)C1([2H])[2H]. The number of rotatable bonds is 4. The summed E-state index contributed by atoms with van der Waals surface area (Å²) >= 11 is 0. The largest absolute Gasteiger partial charge is 0.346 e. The van der Waals surface area contributed by atoms with Crippen LogP contribution in [0.2, 0.25) is 0 Å². The molecule has 3 aromatic heterocycles. The molecule has 1 aliphatic rings. The van der Waals surface area contributed by atoms with Gasteiger partial charge in [-0.1, -0.05) is 12.7 Å². The van der Waals surface area contributed by atoms with Crippen LogP contribution in [0.4, 0.5) is 0 Å². The number of H-pyrrole nitrogens is 1. The van der Waals surface area contributed by atoms with Gasteiger partial charge in [0.25, 0.3) is 0 Å². The normalized spacial score (nSPS) is 34.6. The van der Waals surface area contributed by atoms with Gasteiger partial charge in [-0.05, 0) is 24.7 Å². The van der Waals surface area contributed by atoms with Crippen LogP contribution < -0.4 is 0 Å². The first-order valence-corrected chi connectivity index (χ1v) is 6.82. The van der Waals surface area contributed by atoms with Gasteiger partial charge in [0.2, 0.25) is 0 Å². The smallest absolute Gasteiger partial charge is 0.141 e. The third-order valence-electron chi connectivity index (χ3n) is 3.46. The second kappa shape index (κ2) is 5.84. The summed E-state index contributed by atoms with van der Waals surface area (Å²) in [6, 6.07) is 0.473. The van der Waals surface area contributed by atoms with Gasteiger partial charge in [-0.2, -0.15) is 10.4 Å². The summed E-state index contributed by atoms with van der Waals surface area (Å²) in [6.45, 7) is 0. The van der Waals surface area contributed by atoms with Crippen molar-refractivity contribution in [2.45, 2.75) is 37.9 Å². The zero-order valence-corrected chi connectivity index (χ0v) is 11.8. The van der Waals surface area contributed by atoms with Crippen LogP contribution in [0.5, 0.6) is 0 Å². The highest BCUT2D eigenvalue weighted by Gasteiger charge is 2.27. The molecule has 6 nitrogen and oxygen atoms in total. The lowest BCUT2D eigenvalue weighted by Gasteiger charge is -2.21. The van der Waals surface area contributed by atoms with Gasteiger partial charge in [-0.25, -0.2) is 9.97 Å². The number of hydrogen-bond donors (Lipinski definition) is 1. The molecular weight excluding hydrogens is 288 g/mol. The van der Waals surface area contributed by atoms with Crippen LogP contribution in [0.25, 0.3) is 22.3 Å². The number of nitrogens with zero attached hydrogens (tertiary/aromatic N) is 5. The van der Waals surface area contributed by atoms with Crippen molar-refractivity contribution in [1.82, 2.24) is 24.7 Å². The molecule has 0 amide bonds. The maximum absolute atomic E-state index is 9.42. The Bertz CT molecular complexity index is 1250. The Balaban J connectivity index is 1.96. The Morgan fingerprint density at radius 2 is 2.39 bits per heavy atom. The number of nitriles is 1. The van der Waals surface area contributed by atoms with Gasteiger partial charge in [0.05, 0.1) is 31.8 Å². The summed E-state index contributed by atoms with van der Waals surface area (Å²) < 4.78 is 84.0. The number of nitrogens with one attached hydrogen (secondary N) is 1. The quantitative estimate of drug-likeness (QED) is 0.799. The van der Waals surface area contributed by atoms with Crippen LogP contribution in [0, 0.1) is 17.2 Å². The maximum atomic E-state index is 9.42. The van der Waals surface area contributed by atoms with E-state index in [4.69, 9.17) is 13.7 Å². The molecule has 4 rings (SSSR count). The Morgan fingerprint density at radius 1 is 1.52 bits per heavy atom. The molecule has 1 N–H and O–H groups in total. The van der Waals surface area contributed by atoms with E-state index >= 15 is 0 Å². The van der Waals surface area contributed by atoms with Crippen molar-refractivity contribution in [2.75, 3.05) is 0 Å². The summed E-state index contributed by atoms with van der Waals surface area (Å²) in [5, 5.41) is 14.0. The molecule has 6 heteroatoms. The third-order valence-corrected chi connectivity index (χ3v) is 3.46. The number of fused-ring (bicyclic) bond motifs is 1. The highest BCUT2D eigenvalue weighted by Crippen LogP contribution is 2.36. The first-order valence-electron chi connectivity index (χ1n) is 11.8. The molecule has 0 bridgehead atoms. The monoisotopic (exact) mass is 316 g/mol. The van der Waals surface area contributed by atoms with E-state index in [-0.39, 0.29) is 0 Å². The van der Waals surface area contributed by atoms with E-state index in [1.807, 2.05) is 0 Å². The van der Waals surface area contributed by atoms with E-state index in [1.165, 1.54) is 18.7 Å². The van der Waals surface area contributed by atoms with Gasteiger partial charge in [0, 0.05) is 35.7 Å². The maximum Gasteiger partial charge on any atom is 0.141 e. The van der Waals surface area contributed by atoms with E-state index in [9.17, 15) is 5.26 Å². The predicted molar refractivity (Wildman–Crippen MR) is 86.3 cm³/mol. The molecule has 3 aromatic rings. The second-order valence-corrected chi connectivity index (χ2v) is 4.79. The fourth-order valence-corrected chi connectivity index (χ4v) is 2.42. The Hall–Kier alpha value is -2.68. The lowest BCUT2D eigenvalue weighted by Crippen LogP contribution is -2.17. The van der Waals surface area contributed by atoms with E-state index in [1.54, 1.807) is 18.3 Å².